The molecule has 22 nitrogen and oxygen atoms in total. The zero-order valence-electron chi connectivity index (χ0n) is 43.4. The second-order valence-corrected chi connectivity index (χ2v) is 20.0. The van der Waals surface area contributed by atoms with Gasteiger partial charge in [-0.05, 0) is 110 Å². The highest BCUT2D eigenvalue weighted by atomic mass is 19.1. The van der Waals surface area contributed by atoms with Crippen molar-refractivity contribution >= 4 is 43.1 Å². The van der Waals surface area contributed by atoms with Gasteiger partial charge in [-0.25, -0.2) is 38.0 Å². The van der Waals surface area contributed by atoms with E-state index < -0.39 is 66.6 Å². The van der Waals surface area contributed by atoms with E-state index in [0.29, 0.717) is 59.2 Å². The predicted molar refractivity (Wildman–Crippen MR) is 262 cm³/mol. The largest absolute Gasteiger partial charge is 0.514 e. The predicted octanol–water partition coefficient (Wildman–Crippen LogP) is 12.1. The molecule has 0 bridgehead atoms. The van der Waals surface area contributed by atoms with Crippen LogP contribution in [0.25, 0.3) is 0 Å². The maximum absolute atomic E-state index is 12.9. The second kappa shape index (κ2) is 26.8. The average molecular weight is 1090 g/mol. The van der Waals surface area contributed by atoms with Crippen LogP contribution in [-0.2, 0) is 66.3 Å². The molecule has 7 saturated heterocycles. The van der Waals surface area contributed by atoms with Crippen molar-refractivity contribution in [1.82, 2.24) is 0 Å². The van der Waals surface area contributed by atoms with Crippen LogP contribution in [0.4, 0.5) is 38.0 Å². The van der Waals surface area contributed by atoms with Crippen LogP contribution in [-0.4, -0.2) is 103 Å². The van der Waals surface area contributed by atoms with E-state index in [0.717, 1.165) is 89.9 Å². The minimum absolute atomic E-state index is 0.146. The molecule has 7 aliphatic heterocycles. The molecule has 5 atom stereocenters. The smallest absolute Gasteiger partial charge is 0.423 e. The Balaban J connectivity index is 0.000000147. The molecule has 2 spiro atoms. The minimum Gasteiger partial charge on any atom is -0.423 e. The van der Waals surface area contributed by atoms with E-state index in [4.69, 9.17) is 47.7 Å². The van der Waals surface area contributed by atoms with Gasteiger partial charge >= 0.3 is 43.1 Å². The quantitative estimate of drug-likeness (QED) is 0.202. The average Bonchev–Trinajstić information content (AvgIpc) is 4.01. The topological polar surface area (TPSA) is 269 Å². The van der Waals surface area contributed by atoms with E-state index in [1.807, 2.05) is 0 Å². The molecule has 1 N–H and O–H groups in total. The third kappa shape index (κ3) is 16.5. The lowest BCUT2D eigenvalue weighted by molar-refractivity contribution is 0.0388. The number of rotatable bonds is 4. The highest BCUT2D eigenvalue weighted by Gasteiger charge is 2.49. The molecule has 7 heterocycles. The molecular formula is C54H69FO22. The fourth-order valence-electron chi connectivity index (χ4n) is 10.0. The molecule has 12 fully saturated rings. The number of aliphatic hydroxyl groups excluding tert-OH is 1. The number of aliphatic hydroxyl groups is 1. The highest BCUT2D eigenvalue weighted by Crippen LogP contribution is 2.44. The molecule has 0 aromatic heterocycles. The molecule has 0 radical (unpaired) electrons. The fourth-order valence-corrected chi connectivity index (χ4v) is 10.0. The maximum Gasteiger partial charge on any atom is 0.514 e. The van der Waals surface area contributed by atoms with E-state index in [9.17, 15) is 38.0 Å². The lowest BCUT2D eigenvalue weighted by atomic mass is 9.84. The second-order valence-electron chi connectivity index (χ2n) is 20.0. The monoisotopic (exact) mass is 1090 g/mol. The molecule has 0 aromatic rings. The lowest BCUT2D eigenvalue weighted by Crippen LogP contribution is -2.32. The molecule has 424 valence electrons. The van der Waals surface area contributed by atoms with Crippen LogP contribution in [0.15, 0.2) is 86.4 Å². The Morgan fingerprint density at radius 2 is 0.753 bits per heavy atom. The van der Waals surface area contributed by atoms with Crippen molar-refractivity contribution in [2.75, 3.05) is 6.61 Å². The lowest BCUT2D eigenvalue weighted by Gasteiger charge is -2.29. The van der Waals surface area contributed by atoms with E-state index in [1.54, 1.807) is 6.92 Å². The Kier molecular flexibility index (Phi) is 20.6. The van der Waals surface area contributed by atoms with Crippen molar-refractivity contribution in [2.45, 2.75) is 183 Å². The number of hydrogen-bond acceptors (Lipinski definition) is 22. The van der Waals surface area contributed by atoms with Gasteiger partial charge in [-0.1, -0.05) is 71.7 Å². The van der Waals surface area contributed by atoms with Crippen LogP contribution in [0.5, 0.6) is 0 Å². The normalized spacial score (nSPS) is 30.0. The Bertz CT molecular complexity index is 2290. The molecule has 77 heavy (non-hydrogen) atoms. The summed E-state index contributed by atoms with van der Waals surface area (Å²) in [6, 6.07) is 0. The summed E-state index contributed by atoms with van der Waals surface area (Å²) in [6.07, 6.45) is 13.1. The molecule has 12 aliphatic rings. The first-order valence-electron chi connectivity index (χ1n) is 25.9. The third-order valence-electron chi connectivity index (χ3n) is 14.5. The number of cyclic esters (lactones) is 12. The van der Waals surface area contributed by atoms with Crippen molar-refractivity contribution in [3.05, 3.63) is 86.4 Å². The molecule has 5 saturated carbocycles. The summed E-state index contributed by atoms with van der Waals surface area (Å²) in [4.78, 5) is 74.0. The van der Waals surface area contributed by atoms with Gasteiger partial charge in [0, 0.05) is 17.8 Å². The Hall–Kier alpha value is -7.04. The standard InChI is InChI=1S/C10H13FO3.C10H14O3.C9H12O3.C8H10O3.C7H8O3.C5H6O4.C5H6O3/c1-6-9(14-10(12)13-6)7-2-4-8(11)5-3-7;1-7-9(13-10(11)12-7)8-5-3-2-4-6-8;1-7-9(12-8(10)11-7)5-3-2-4-6-9;1-6-8(4-2-3-5-8)11-7(9)10-6;1-4-6(5-2-3-5)10-7(8)9-4;1-3-4(2-6)9-5(7)8-3;1-3-4(2)8-5(6)7-3/h7-9H,1-5H2;8-9H,1-6H2;1-6H2;1-5H2;5-6H,1-3H2;4,6H,1-2H2;4H,1H2,2H3. The molecule has 23 heteroatoms. The third-order valence-corrected chi connectivity index (χ3v) is 14.5. The van der Waals surface area contributed by atoms with Crippen molar-refractivity contribution in [2.24, 2.45) is 17.8 Å². The van der Waals surface area contributed by atoms with Crippen molar-refractivity contribution in [1.29, 1.82) is 0 Å². The van der Waals surface area contributed by atoms with Crippen LogP contribution in [0, 0.1) is 17.8 Å². The van der Waals surface area contributed by atoms with Crippen molar-refractivity contribution < 1.29 is 109 Å². The number of hydrogen-bond donors (Lipinski definition) is 1. The van der Waals surface area contributed by atoms with Gasteiger partial charge in [0.05, 0.1) is 6.61 Å². The molecule has 0 amide bonds. The number of halogens is 1. The fraction of sp³-hybridized carbons (Fsp3) is 0.611. The van der Waals surface area contributed by atoms with Gasteiger partial charge in [0.2, 0.25) is 0 Å². The molecule has 5 unspecified atom stereocenters. The van der Waals surface area contributed by atoms with E-state index >= 15 is 0 Å². The van der Waals surface area contributed by atoms with Gasteiger partial charge < -0.3 is 71.4 Å². The SMILES string of the molecule is C=C1OC(=O)OC12CCCC2.C=C1OC(=O)OC12CCCCC2.C=C1OC(=O)OC1C.C=C1OC(=O)OC1C1CC1.C=C1OC(=O)OC1C1CCC(F)CC1.C=C1OC(=O)OC1C1CCCCC1.C=C1OC(=O)OC1CO. The summed E-state index contributed by atoms with van der Waals surface area (Å²) in [5.74, 6) is 4.01. The van der Waals surface area contributed by atoms with Gasteiger partial charge in [-0.2, -0.15) is 0 Å². The zero-order chi connectivity index (χ0) is 56.0. The first-order chi connectivity index (χ1) is 36.6. The number of alkyl halides is 1. The van der Waals surface area contributed by atoms with E-state index in [-0.39, 0.29) is 42.7 Å². The number of carbonyl (C=O) groups excluding carboxylic acids is 7. The summed E-state index contributed by atoms with van der Waals surface area (Å²) in [7, 11) is 0. The Labute approximate surface area is 445 Å². The van der Waals surface area contributed by atoms with Crippen LogP contribution in [0.2, 0.25) is 0 Å². The van der Waals surface area contributed by atoms with E-state index in [2.05, 4.69) is 69.7 Å². The number of carbonyl (C=O) groups is 7. The van der Waals surface area contributed by atoms with Gasteiger partial charge in [-0.3, -0.25) is 0 Å². The summed E-state index contributed by atoms with van der Waals surface area (Å²) >= 11 is 0. The minimum atomic E-state index is -0.793. The molecule has 0 aromatic carbocycles. The van der Waals surface area contributed by atoms with Crippen LogP contribution in [0.3, 0.4) is 0 Å². The molecular weight excluding hydrogens is 1020 g/mol. The first-order valence-corrected chi connectivity index (χ1v) is 25.9. The summed E-state index contributed by atoms with van der Waals surface area (Å²) in [6.45, 7) is 26.5. The first kappa shape index (κ1) is 59.2. The van der Waals surface area contributed by atoms with Gasteiger partial charge in [-0.15, -0.1) is 0 Å². The Morgan fingerprint density at radius 1 is 0.416 bits per heavy atom. The van der Waals surface area contributed by atoms with Crippen molar-refractivity contribution in [3.8, 4) is 0 Å². The van der Waals surface area contributed by atoms with Gasteiger partial charge in [0.15, 0.2) is 41.7 Å². The Morgan fingerprint density at radius 3 is 1.03 bits per heavy atom. The van der Waals surface area contributed by atoms with Gasteiger partial charge in [0.1, 0.15) is 46.5 Å². The van der Waals surface area contributed by atoms with Crippen LogP contribution in [0.1, 0.15) is 135 Å². The highest BCUT2D eigenvalue weighted by molar-refractivity contribution is 5.68. The maximum atomic E-state index is 12.9. The summed E-state index contributed by atoms with van der Waals surface area (Å²) in [5.41, 5.74) is -0.910. The number of ether oxygens (including phenoxy) is 14. The summed E-state index contributed by atoms with van der Waals surface area (Å²) in [5, 5.41) is 8.44. The van der Waals surface area contributed by atoms with Crippen molar-refractivity contribution in [3.63, 3.8) is 0 Å². The zero-order valence-corrected chi connectivity index (χ0v) is 43.4. The molecule has 12 rings (SSSR count). The van der Waals surface area contributed by atoms with E-state index in [1.165, 1.54) is 25.7 Å². The summed E-state index contributed by atoms with van der Waals surface area (Å²) < 4.78 is 79.2. The van der Waals surface area contributed by atoms with Gasteiger partial charge in [0.25, 0.3) is 0 Å². The molecule has 5 aliphatic carbocycles. The van der Waals surface area contributed by atoms with Crippen LogP contribution >= 0.6 is 0 Å². The van der Waals surface area contributed by atoms with Crippen LogP contribution < -0.4 is 0 Å².